The molecule has 2 aromatic rings. The van der Waals surface area contributed by atoms with Gasteiger partial charge in [0.1, 0.15) is 11.5 Å². The molecule has 0 unspecified atom stereocenters. The number of carbonyl (C=O) groups is 1. The molecule has 1 fully saturated rings. The smallest absolute Gasteiger partial charge is 0.263 e. The maximum Gasteiger partial charge on any atom is 0.263 e. The summed E-state index contributed by atoms with van der Waals surface area (Å²) in [4.78, 5) is 14.8. The molecule has 3 rings (SSSR count). The Morgan fingerprint density at radius 2 is 1.93 bits per heavy atom. The van der Waals surface area contributed by atoms with Gasteiger partial charge in [-0.05, 0) is 44.0 Å². The molecule has 0 bridgehead atoms. The fourth-order valence-electron chi connectivity index (χ4n) is 3.46. The molecule has 0 saturated carbocycles. The van der Waals surface area contributed by atoms with Gasteiger partial charge >= 0.3 is 0 Å². The Kier molecular flexibility index (Phi) is 5.84. The minimum absolute atomic E-state index is 0.0797. The summed E-state index contributed by atoms with van der Waals surface area (Å²) in [5.41, 5.74) is 0.933. The van der Waals surface area contributed by atoms with Crippen LogP contribution in [0.25, 0.3) is 0 Å². The van der Waals surface area contributed by atoms with Crippen molar-refractivity contribution in [3.05, 3.63) is 53.8 Å². The number of rotatable bonds is 6. The molecule has 1 saturated heterocycles. The van der Waals surface area contributed by atoms with Crippen LogP contribution in [0.4, 0.5) is 4.39 Å². The van der Waals surface area contributed by atoms with E-state index in [-0.39, 0.29) is 17.7 Å². The van der Waals surface area contributed by atoms with E-state index in [0.29, 0.717) is 18.0 Å². The summed E-state index contributed by atoms with van der Waals surface area (Å²) in [6.07, 6.45) is 0.936. The van der Waals surface area contributed by atoms with Crippen LogP contribution in [-0.4, -0.2) is 37.7 Å². The van der Waals surface area contributed by atoms with Crippen molar-refractivity contribution in [2.75, 3.05) is 20.8 Å². The molecule has 2 aromatic carbocycles. The molecule has 0 aliphatic carbocycles. The van der Waals surface area contributed by atoms with Gasteiger partial charge in [-0.25, -0.2) is 4.39 Å². The maximum atomic E-state index is 13.8. The Balaban J connectivity index is 1.79. The first kappa shape index (κ1) is 19.0. The summed E-state index contributed by atoms with van der Waals surface area (Å²) in [7, 11) is 3.20. The van der Waals surface area contributed by atoms with Crippen molar-refractivity contribution < 1.29 is 23.4 Å². The monoisotopic (exact) mass is 373 g/mol. The van der Waals surface area contributed by atoms with E-state index >= 15 is 0 Å². The molecule has 2 atom stereocenters. The second-order valence-corrected chi connectivity index (χ2v) is 6.49. The third-order valence-corrected chi connectivity index (χ3v) is 4.82. The third kappa shape index (κ3) is 3.99. The zero-order valence-electron chi connectivity index (χ0n) is 15.8. The van der Waals surface area contributed by atoms with Crippen molar-refractivity contribution in [1.29, 1.82) is 0 Å². The molecule has 0 spiro atoms. The number of halogens is 1. The Labute approximate surface area is 158 Å². The van der Waals surface area contributed by atoms with E-state index in [2.05, 4.69) is 0 Å². The van der Waals surface area contributed by atoms with E-state index < -0.39 is 11.9 Å². The number of amides is 1. The maximum absolute atomic E-state index is 13.8. The van der Waals surface area contributed by atoms with Crippen molar-refractivity contribution in [3.8, 4) is 17.2 Å². The van der Waals surface area contributed by atoms with Crippen LogP contribution in [0.15, 0.2) is 42.5 Å². The van der Waals surface area contributed by atoms with Gasteiger partial charge in [-0.15, -0.1) is 0 Å². The fraction of sp³-hybridized carbons (Fsp3) is 0.381. The van der Waals surface area contributed by atoms with Gasteiger partial charge in [0, 0.05) is 18.2 Å². The number of hydrogen-bond donors (Lipinski definition) is 0. The van der Waals surface area contributed by atoms with Crippen LogP contribution < -0.4 is 14.2 Å². The number of benzene rings is 2. The van der Waals surface area contributed by atoms with E-state index in [1.165, 1.54) is 12.1 Å². The number of para-hydroxylation sites is 1. The minimum atomic E-state index is -0.785. The quantitative estimate of drug-likeness (QED) is 0.769. The Morgan fingerprint density at radius 1 is 1.15 bits per heavy atom. The minimum Gasteiger partial charge on any atom is -0.497 e. The Bertz CT molecular complexity index is 811. The van der Waals surface area contributed by atoms with E-state index in [1.807, 2.05) is 18.2 Å². The van der Waals surface area contributed by atoms with Crippen LogP contribution in [0.5, 0.6) is 17.2 Å². The van der Waals surface area contributed by atoms with Gasteiger partial charge in [0.15, 0.2) is 17.7 Å². The predicted octanol–water partition coefficient (Wildman–Crippen LogP) is 3.97. The lowest BCUT2D eigenvalue weighted by Gasteiger charge is -2.29. The average molecular weight is 373 g/mol. The normalized spacial score (nSPS) is 17.5. The molecule has 1 amide bonds. The SMILES string of the molecule is COc1ccc([C@H]2CCCN2C(=O)[C@H](C)Oc2ccccc2F)c(OC)c1. The number of carbonyl (C=O) groups excluding carboxylic acids is 1. The number of methoxy groups -OCH3 is 2. The van der Waals surface area contributed by atoms with Crippen molar-refractivity contribution in [3.63, 3.8) is 0 Å². The second-order valence-electron chi connectivity index (χ2n) is 6.49. The highest BCUT2D eigenvalue weighted by Gasteiger charge is 2.35. The highest BCUT2D eigenvalue weighted by Crippen LogP contribution is 2.39. The van der Waals surface area contributed by atoms with Crippen LogP contribution in [0, 0.1) is 5.82 Å². The summed E-state index contributed by atoms with van der Waals surface area (Å²) in [5, 5.41) is 0. The standard InChI is InChI=1S/C21H24FNO4/c1-14(27-19-9-5-4-7-17(19)22)21(24)23-12-6-8-18(23)16-11-10-15(25-2)13-20(16)26-3/h4-5,7,9-11,13-14,18H,6,8,12H2,1-3H3/t14-,18+/m0/s1. The molecule has 1 aliphatic heterocycles. The topological polar surface area (TPSA) is 48.0 Å². The number of nitrogens with zero attached hydrogens (tertiary/aromatic N) is 1. The van der Waals surface area contributed by atoms with Crippen LogP contribution >= 0.6 is 0 Å². The third-order valence-electron chi connectivity index (χ3n) is 4.82. The van der Waals surface area contributed by atoms with Crippen LogP contribution in [0.2, 0.25) is 0 Å². The van der Waals surface area contributed by atoms with Crippen LogP contribution in [0.3, 0.4) is 0 Å². The molecule has 144 valence electrons. The van der Waals surface area contributed by atoms with Crippen molar-refractivity contribution in [1.82, 2.24) is 4.90 Å². The number of hydrogen-bond acceptors (Lipinski definition) is 4. The highest BCUT2D eigenvalue weighted by atomic mass is 19.1. The summed E-state index contributed by atoms with van der Waals surface area (Å²) in [6.45, 7) is 2.28. The lowest BCUT2D eigenvalue weighted by atomic mass is 10.0. The first-order valence-electron chi connectivity index (χ1n) is 8.98. The molecule has 0 aromatic heterocycles. The second kappa shape index (κ2) is 8.29. The van der Waals surface area contributed by atoms with Gasteiger partial charge in [0.25, 0.3) is 5.91 Å². The van der Waals surface area contributed by atoms with Gasteiger partial charge in [0.05, 0.1) is 20.3 Å². The van der Waals surface area contributed by atoms with Crippen molar-refractivity contribution >= 4 is 5.91 Å². The first-order valence-corrected chi connectivity index (χ1v) is 8.98. The lowest BCUT2D eigenvalue weighted by Crippen LogP contribution is -2.40. The van der Waals surface area contributed by atoms with Gasteiger partial charge in [0.2, 0.25) is 0 Å². The van der Waals surface area contributed by atoms with E-state index in [4.69, 9.17) is 14.2 Å². The molecular weight excluding hydrogens is 349 g/mol. The molecule has 1 aliphatic rings. The summed E-state index contributed by atoms with van der Waals surface area (Å²) in [6, 6.07) is 11.6. The lowest BCUT2D eigenvalue weighted by molar-refractivity contribution is -0.139. The number of likely N-dealkylation sites (tertiary alicyclic amines) is 1. The first-order chi connectivity index (χ1) is 13.0. The highest BCUT2D eigenvalue weighted by molar-refractivity contribution is 5.81. The van der Waals surface area contributed by atoms with E-state index in [0.717, 1.165) is 18.4 Å². The zero-order chi connectivity index (χ0) is 19.4. The fourth-order valence-corrected chi connectivity index (χ4v) is 3.46. The number of ether oxygens (including phenoxy) is 3. The molecular formula is C21H24FNO4. The molecule has 6 heteroatoms. The van der Waals surface area contributed by atoms with Crippen molar-refractivity contribution in [2.45, 2.75) is 31.9 Å². The van der Waals surface area contributed by atoms with E-state index in [9.17, 15) is 9.18 Å². The molecule has 0 radical (unpaired) electrons. The summed E-state index contributed by atoms with van der Waals surface area (Å²) >= 11 is 0. The Morgan fingerprint density at radius 3 is 2.63 bits per heavy atom. The zero-order valence-corrected chi connectivity index (χ0v) is 15.8. The molecule has 5 nitrogen and oxygen atoms in total. The summed E-state index contributed by atoms with van der Waals surface area (Å²) < 4.78 is 30.2. The molecule has 1 heterocycles. The van der Waals surface area contributed by atoms with Gasteiger partial charge in [-0.3, -0.25) is 4.79 Å². The van der Waals surface area contributed by atoms with Gasteiger partial charge in [-0.2, -0.15) is 0 Å². The van der Waals surface area contributed by atoms with Crippen LogP contribution in [-0.2, 0) is 4.79 Å². The largest absolute Gasteiger partial charge is 0.497 e. The van der Waals surface area contributed by atoms with Crippen molar-refractivity contribution in [2.24, 2.45) is 0 Å². The molecule has 27 heavy (non-hydrogen) atoms. The van der Waals surface area contributed by atoms with E-state index in [1.54, 1.807) is 38.2 Å². The van der Waals surface area contributed by atoms with Gasteiger partial charge in [-0.1, -0.05) is 12.1 Å². The Hall–Kier alpha value is -2.76. The average Bonchev–Trinajstić information content (AvgIpc) is 3.18. The van der Waals surface area contributed by atoms with Gasteiger partial charge < -0.3 is 19.1 Å². The van der Waals surface area contributed by atoms with Crippen LogP contribution in [0.1, 0.15) is 31.4 Å². The molecule has 0 N–H and O–H groups in total. The summed E-state index contributed by atoms with van der Waals surface area (Å²) in [5.74, 6) is 0.811. The predicted molar refractivity (Wildman–Crippen MR) is 99.7 cm³/mol.